The van der Waals surface area contributed by atoms with Crippen LogP contribution in [0, 0.1) is 0 Å². The average Bonchev–Trinajstić information content (AvgIpc) is 2.81. The molecule has 1 aromatic carbocycles. The molecule has 3 N–H and O–H groups in total. The molecule has 2 unspecified atom stereocenters. The normalized spacial score (nSPS) is 12.8. The molecule has 1 heterocycles. The minimum absolute atomic E-state index is 0.160. The SMILES string of the molecule is C=C/C=C(\CC)COc1ccccc1-c1ccc(CNC(=O)C(O)C(C)O)nc1.CC. The number of pyridine rings is 1. The summed E-state index contributed by atoms with van der Waals surface area (Å²) in [7, 11) is 0. The van der Waals surface area contributed by atoms with Gasteiger partial charge in [0.1, 0.15) is 12.4 Å². The first-order valence-electron chi connectivity index (χ1n) is 10.6. The summed E-state index contributed by atoms with van der Waals surface area (Å²) in [6.07, 6.45) is 3.74. The average molecular weight is 427 g/mol. The van der Waals surface area contributed by atoms with E-state index >= 15 is 0 Å². The Kier molecular flexibility index (Phi) is 11.9. The van der Waals surface area contributed by atoms with Gasteiger partial charge < -0.3 is 20.3 Å². The van der Waals surface area contributed by atoms with E-state index in [1.807, 2.05) is 50.3 Å². The van der Waals surface area contributed by atoms with Gasteiger partial charge in [0.2, 0.25) is 0 Å². The molecule has 0 fully saturated rings. The Morgan fingerprint density at radius 3 is 2.52 bits per heavy atom. The lowest BCUT2D eigenvalue weighted by molar-refractivity contribution is -0.134. The van der Waals surface area contributed by atoms with Gasteiger partial charge >= 0.3 is 0 Å². The molecule has 1 amide bonds. The van der Waals surface area contributed by atoms with E-state index in [1.165, 1.54) is 6.92 Å². The Balaban J connectivity index is 0.00000233. The quantitative estimate of drug-likeness (QED) is 0.499. The van der Waals surface area contributed by atoms with Crippen molar-refractivity contribution in [2.75, 3.05) is 6.61 Å². The molecule has 2 rings (SSSR count). The summed E-state index contributed by atoms with van der Waals surface area (Å²) in [6, 6.07) is 11.5. The third-order valence-corrected chi connectivity index (χ3v) is 4.41. The number of hydrogen-bond acceptors (Lipinski definition) is 5. The van der Waals surface area contributed by atoms with Crippen LogP contribution < -0.4 is 10.1 Å². The fourth-order valence-electron chi connectivity index (χ4n) is 2.63. The number of hydrogen-bond donors (Lipinski definition) is 3. The predicted octanol–water partition coefficient (Wildman–Crippen LogP) is 4.03. The highest BCUT2D eigenvalue weighted by atomic mass is 16.5. The first-order valence-corrected chi connectivity index (χ1v) is 10.6. The number of aliphatic hydroxyl groups excluding tert-OH is 2. The molecule has 0 aliphatic rings. The van der Waals surface area contributed by atoms with Crippen molar-refractivity contribution in [3.63, 3.8) is 0 Å². The summed E-state index contributed by atoms with van der Waals surface area (Å²) < 4.78 is 6.00. The molecule has 31 heavy (non-hydrogen) atoms. The lowest BCUT2D eigenvalue weighted by Crippen LogP contribution is -2.40. The molecule has 0 radical (unpaired) electrons. The number of aromatic nitrogens is 1. The molecule has 0 aliphatic heterocycles. The van der Waals surface area contributed by atoms with E-state index in [1.54, 1.807) is 18.3 Å². The first-order chi connectivity index (χ1) is 15.0. The number of ether oxygens (including phenoxy) is 1. The zero-order chi connectivity index (χ0) is 23.2. The van der Waals surface area contributed by atoms with E-state index in [0.29, 0.717) is 12.3 Å². The van der Waals surface area contributed by atoms with Gasteiger partial charge in [-0.2, -0.15) is 0 Å². The molecular formula is C25H34N2O4. The fraction of sp³-hybridized carbons (Fsp3) is 0.360. The number of nitrogens with one attached hydrogen (secondary N) is 1. The monoisotopic (exact) mass is 426 g/mol. The molecule has 168 valence electrons. The van der Waals surface area contributed by atoms with Gasteiger partial charge in [-0.05, 0) is 31.1 Å². The Labute approximate surface area is 185 Å². The lowest BCUT2D eigenvalue weighted by atomic mass is 10.1. The minimum Gasteiger partial charge on any atom is -0.489 e. The lowest BCUT2D eigenvalue weighted by Gasteiger charge is -2.14. The van der Waals surface area contributed by atoms with Gasteiger partial charge in [0.25, 0.3) is 5.91 Å². The topological polar surface area (TPSA) is 91.7 Å². The number of benzene rings is 1. The maximum Gasteiger partial charge on any atom is 0.251 e. The van der Waals surface area contributed by atoms with E-state index in [-0.39, 0.29) is 6.54 Å². The Morgan fingerprint density at radius 2 is 1.94 bits per heavy atom. The molecule has 6 heteroatoms. The molecule has 0 spiro atoms. The van der Waals surface area contributed by atoms with Crippen LogP contribution in [0.15, 0.2) is 66.9 Å². The van der Waals surface area contributed by atoms with Crippen molar-refractivity contribution in [2.45, 2.75) is 52.9 Å². The first kappa shape index (κ1) is 26.1. The highest BCUT2D eigenvalue weighted by molar-refractivity contribution is 5.81. The number of nitrogens with zero attached hydrogens (tertiary/aromatic N) is 1. The third-order valence-electron chi connectivity index (χ3n) is 4.41. The van der Waals surface area contributed by atoms with Crippen LogP contribution in [-0.4, -0.2) is 39.9 Å². The Bertz CT molecular complexity index is 845. The summed E-state index contributed by atoms with van der Waals surface area (Å²) in [5.41, 5.74) is 3.61. The van der Waals surface area contributed by atoms with Crippen molar-refractivity contribution in [3.05, 3.63) is 72.6 Å². The maximum absolute atomic E-state index is 11.7. The van der Waals surface area contributed by atoms with E-state index in [0.717, 1.165) is 28.9 Å². The zero-order valence-electron chi connectivity index (χ0n) is 18.8. The molecule has 6 nitrogen and oxygen atoms in total. The smallest absolute Gasteiger partial charge is 0.251 e. The van der Waals surface area contributed by atoms with Crippen LogP contribution in [0.3, 0.4) is 0 Å². The minimum atomic E-state index is -1.46. The summed E-state index contributed by atoms with van der Waals surface area (Å²) in [5, 5.41) is 21.3. The van der Waals surface area contributed by atoms with Crippen molar-refractivity contribution in [2.24, 2.45) is 0 Å². The second-order valence-corrected chi connectivity index (χ2v) is 6.64. The zero-order valence-corrected chi connectivity index (χ0v) is 18.8. The third kappa shape index (κ3) is 8.36. The van der Waals surface area contributed by atoms with Crippen molar-refractivity contribution in [3.8, 4) is 16.9 Å². The highest BCUT2D eigenvalue weighted by Crippen LogP contribution is 2.29. The Hall–Kier alpha value is -2.96. The van der Waals surface area contributed by atoms with Crippen LogP contribution in [0.5, 0.6) is 5.75 Å². The number of carbonyl (C=O) groups excluding carboxylic acids is 1. The van der Waals surface area contributed by atoms with E-state index in [4.69, 9.17) is 4.74 Å². The summed E-state index contributed by atoms with van der Waals surface area (Å²) in [4.78, 5) is 16.1. The number of allylic oxidation sites excluding steroid dienone is 2. The van der Waals surface area contributed by atoms with Crippen LogP contribution in [0.25, 0.3) is 11.1 Å². The van der Waals surface area contributed by atoms with Crippen LogP contribution in [-0.2, 0) is 11.3 Å². The molecule has 1 aromatic heterocycles. The van der Waals surface area contributed by atoms with E-state index in [2.05, 4.69) is 23.8 Å². The van der Waals surface area contributed by atoms with Gasteiger partial charge in [-0.25, -0.2) is 0 Å². The van der Waals surface area contributed by atoms with E-state index in [9.17, 15) is 15.0 Å². The van der Waals surface area contributed by atoms with Gasteiger partial charge in [-0.15, -0.1) is 0 Å². The van der Waals surface area contributed by atoms with Crippen molar-refractivity contribution in [1.29, 1.82) is 0 Å². The van der Waals surface area contributed by atoms with Gasteiger partial charge in [0.15, 0.2) is 6.10 Å². The highest BCUT2D eigenvalue weighted by Gasteiger charge is 2.19. The second-order valence-electron chi connectivity index (χ2n) is 6.64. The van der Waals surface area contributed by atoms with Crippen LogP contribution >= 0.6 is 0 Å². The van der Waals surface area contributed by atoms with Crippen molar-refractivity contribution < 1.29 is 19.7 Å². The molecule has 0 saturated carbocycles. The summed E-state index contributed by atoms with van der Waals surface area (Å²) in [6.45, 7) is 11.8. The molecule has 0 aliphatic carbocycles. The van der Waals surface area contributed by atoms with Gasteiger partial charge in [0, 0.05) is 17.3 Å². The summed E-state index contributed by atoms with van der Waals surface area (Å²) in [5.74, 6) is 0.128. The standard InChI is InChI=1S/C23H28N2O4.C2H6/c1-4-8-17(5-2)15-29-21-10-7-6-9-20(21)18-11-12-19(24-13-18)14-25-23(28)22(27)16(3)26;1-2/h4,6-13,16,22,26-27H,1,5,14-15H2,2-3H3,(H,25,28);1-2H3/b17-8+;. The number of carbonyl (C=O) groups is 1. The van der Waals surface area contributed by atoms with E-state index < -0.39 is 18.1 Å². The number of rotatable bonds is 10. The molecular weight excluding hydrogens is 392 g/mol. The van der Waals surface area contributed by atoms with Crippen LogP contribution in [0.2, 0.25) is 0 Å². The van der Waals surface area contributed by atoms with Gasteiger partial charge in [-0.3, -0.25) is 9.78 Å². The van der Waals surface area contributed by atoms with Crippen molar-refractivity contribution in [1.82, 2.24) is 10.3 Å². The largest absolute Gasteiger partial charge is 0.489 e. The van der Waals surface area contributed by atoms with Crippen LogP contribution in [0.1, 0.15) is 39.8 Å². The number of aliphatic hydroxyl groups is 2. The predicted molar refractivity (Wildman–Crippen MR) is 125 cm³/mol. The second kappa shape index (κ2) is 14.1. The van der Waals surface area contributed by atoms with Crippen LogP contribution in [0.4, 0.5) is 0 Å². The molecule has 0 bridgehead atoms. The fourth-order valence-corrected chi connectivity index (χ4v) is 2.63. The number of para-hydroxylation sites is 1. The molecule has 2 aromatic rings. The molecule has 0 saturated heterocycles. The number of amides is 1. The van der Waals surface area contributed by atoms with Gasteiger partial charge in [0.05, 0.1) is 18.3 Å². The van der Waals surface area contributed by atoms with Gasteiger partial charge in [-0.1, -0.05) is 63.8 Å². The summed E-state index contributed by atoms with van der Waals surface area (Å²) >= 11 is 0. The maximum atomic E-state index is 11.7. The Morgan fingerprint density at radius 1 is 1.23 bits per heavy atom. The van der Waals surface area contributed by atoms with Crippen molar-refractivity contribution >= 4 is 5.91 Å². The molecule has 2 atom stereocenters.